The van der Waals surface area contributed by atoms with Gasteiger partial charge in [0.2, 0.25) is 5.96 Å². The van der Waals surface area contributed by atoms with Gasteiger partial charge in [0.25, 0.3) is 0 Å². The van der Waals surface area contributed by atoms with Crippen LogP contribution >= 0.6 is 15.9 Å². The fourth-order valence-electron chi connectivity index (χ4n) is 3.93. The Balaban J connectivity index is 2.34. The number of primary amides is 1. The van der Waals surface area contributed by atoms with E-state index in [0.717, 1.165) is 35.1 Å². The first-order valence-electron chi connectivity index (χ1n) is 9.98. The zero-order valence-corrected chi connectivity index (χ0v) is 20.1. The molecule has 0 radical (unpaired) electrons. The van der Waals surface area contributed by atoms with Crippen molar-refractivity contribution in [3.05, 3.63) is 76.0 Å². The second kappa shape index (κ2) is 9.79. The number of guanidine groups is 1. The highest BCUT2D eigenvalue weighted by molar-refractivity contribution is 9.08. The third-order valence-corrected chi connectivity index (χ3v) is 6.09. The summed E-state index contributed by atoms with van der Waals surface area (Å²) in [7, 11) is 1.12. The molecule has 0 saturated carbocycles. The molecule has 0 aliphatic carbocycles. The maximum Gasteiger partial charge on any atom is 0.416 e. The quantitative estimate of drug-likeness (QED) is 0.419. The number of hydrogen-bond donors (Lipinski definition) is 2. The summed E-state index contributed by atoms with van der Waals surface area (Å²) in [4.78, 5) is 27.4. The van der Waals surface area contributed by atoms with Gasteiger partial charge in [-0.1, -0.05) is 28.1 Å². The van der Waals surface area contributed by atoms with E-state index in [2.05, 4.69) is 15.9 Å². The summed E-state index contributed by atoms with van der Waals surface area (Å²) in [6.45, 7) is 1.43. The van der Waals surface area contributed by atoms with Crippen molar-refractivity contribution in [1.82, 2.24) is 4.90 Å². The van der Waals surface area contributed by atoms with Crippen molar-refractivity contribution in [2.75, 3.05) is 12.0 Å². The molecular weight excluding hydrogens is 531 g/mol. The Bertz CT molecular complexity index is 1290. The number of nitrogens with zero attached hydrogens (tertiary/aromatic N) is 3. The predicted molar refractivity (Wildman–Crippen MR) is 124 cm³/mol. The molecule has 0 spiro atoms. The van der Waals surface area contributed by atoms with E-state index in [0.29, 0.717) is 16.7 Å². The number of esters is 1. The molecule has 3 N–H and O–H groups in total. The monoisotopic (exact) mass is 549 g/mol. The number of nitrogens with two attached hydrogens (primary N) is 1. The number of ether oxygens (including phenoxy) is 1. The molecule has 0 aromatic heterocycles. The van der Waals surface area contributed by atoms with Gasteiger partial charge in [-0.2, -0.15) is 18.4 Å². The number of allylic oxidation sites excluding steroid dienone is 1. The Morgan fingerprint density at radius 3 is 2.49 bits per heavy atom. The van der Waals surface area contributed by atoms with E-state index in [1.807, 2.05) is 6.07 Å². The van der Waals surface area contributed by atoms with Crippen LogP contribution in [0.25, 0.3) is 0 Å². The van der Waals surface area contributed by atoms with Gasteiger partial charge >= 0.3 is 18.2 Å². The van der Waals surface area contributed by atoms with Gasteiger partial charge in [-0.15, -0.1) is 0 Å². The molecule has 0 saturated heterocycles. The molecule has 1 heterocycles. The number of carbonyl (C=O) groups is 2. The topological polar surface area (TPSA) is 124 Å². The summed E-state index contributed by atoms with van der Waals surface area (Å²) >= 11 is 3.33. The number of benzene rings is 2. The molecule has 2 amide bonds. The predicted octanol–water partition coefficient (Wildman–Crippen LogP) is 4.80. The zero-order valence-electron chi connectivity index (χ0n) is 18.5. The van der Waals surface area contributed by atoms with Crippen LogP contribution in [0.1, 0.15) is 35.2 Å². The Hall–Kier alpha value is -3.85. The number of halogens is 4. The van der Waals surface area contributed by atoms with Crippen LogP contribution in [0.15, 0.2) is 53.7 Å². The van der Waals surface area contributed by atoms with E-state index >= 15 is 0 Å². The molecule has 0 fully saturated rings. The molecule has 8 nitrogen and oxygen atoms in total. The van der Waals surface area contributed by atoms with Gasteiger partial charge in [0, 0.05) is 16.7 Å². The third kappa shape index (κ3) is 4.72. The maximum absolute atomic E-state index is 13.4. The number of nitrogens with one attached hydrogen (secondary N) is 1. The van der Waals surface area contributed by atoms with Crippen LogP contribution < -0.4 is 10.6 Å². The lowest BCUT2D eigenvalue weighted by Gasteiger charge is -2.43. The first-order chi connectivity index (χ1) is 16.5. The maximum atomic E-state index is 13.4. The number of alkyl halides is 4. The largest absolute Gasteiger partial charge is 0.466 e. The van der Waals surface area contributed by atoms with E-state index in [4.69, 9.17) is 15.9 Å². The minimum absolute atomic E-state index is 0.0774. The summed E-state index contributed by atoms with van der Waals surface area (Å²) in [5, 5.41) is 18.2. The molecule has 35 heavy (non-hydrogen) atoms. The summed E-state index contributed by atoms with van der Waals surface area (Å²) in [6, 6.07) is 8.36. The SMILES string of the molecule is COC(=O)C1=C(C)N(c2cccc(C(F)(F)F)c2)C(=N)N(C(N)=O)C1c1ccc(C#N)cc1CBr. The lowest BCUT2D eigenvalue weighted by Crippen LogP contribution is -2.55. The molecule has 1 aliphatic heterocycles. The van der Waals surface area contributed by atoms with E-state index < -0.39 is 35.7 Å². The van der Waals surface area contributed by atoms with Crippen LogP contribution in [0.2, 0.25) is 0 Å². The summed E-state index contributed by atoms with van der Waals surface area (Å²) < 4.78 is 45.0. The molecule has 0 bridgehead atoms. The van der Waals surface area contributed by atoms with Crippen LogP contribution in [-0.4, -0.2) is 30.0 Å². The molecule has 1 aliphatic rings. The Morgan fingerprint density at radius 2 is 1.94 bits per heavy atom. The van der Waals surface area contributed by atoms with Gasteiger partial charge in [-0.05, 0) is 48.4 Å². The normalized spacial score (nSPS) is 16.3. The van der Waals surface area contributed by atoms with Crippen LogP contribution in [0.3, 0.4) is 0 Å². The molecule has 12 heteroatoms. The highest BCUT2D eigenvalue weighted by Gasteiger charge is 2.44. The average Bonchev–Trinajstić information content (AvgIpc) is 2.82. The zero-order chi connectivity index (χ0) is 26.1. The van der Waals surface area contributed by atoms with Crippen LogP contribution in [0, 0.1) is 16.7 Å². The number of urea groups is 1. The van der Waals surface area contributed by atoms with Crippen molar-refractivity contribution in [3.8, 4) is 6.07 Å². The van der Waals surface area contributed by atoms with Gasteiger partial charge in [0.1, 0.15) is 6.04 Å². The van der Waals surface area contributed by atoms with E-state index in [9.17, 15) is 28.0 Å². The standard InChI is InChI=1S/C23H19BrF3N5O3/c1-12-18(20(33)35-2)19(17-7-6-13(11-28)8-14(17)10-24)32(22(30)34)21(29)31(12)16-5-3-4-15(9-16)23(25,26)27/h3-9,19,29H,10H2,1-2H3,(H2,30,34). The highest BCUT2D eigenvalue weighted by Crippen LogP contribution is 2.42. The van der Waals surface area contributed by atoms with Crippen molar-refractivity contribution < 1.29 is 27.5 Å². The van der Waals surface area contributed by atoms with Crippen molar-refractivity contribution in [2.24, 2.45) is 5.73 Å². The van der Waals surface area contributed by atoms with Gasteiger partial charge in [0.15, 0.2) is 0 Å². The van der Waals surface area contributed by atoms with Crippen LogP contribution in [-0.2, 0) is 21.0 Å². The lowest BCUT2D eigenvalue weighted by molar-refractivity contribution is -0.138. The second-order valence-corrected chi connectivity index (χ2v) is 8.03. The Labute approximate surface area is 207 Å². The number of carbonyl (C=O) groups excluding carboxylic acids is 2. The number of nitriles is 1. The molecule has 1 unspecified atom stereocenters. The molecular formula is C23H19BrF3N5O3. The van der Waals surface area contributed by atoms with Crippen molar-refractivity contribution >= 4 is 39.6 Å². The first-order valence-corrected chi connectivity index (χ1v) is 11.1. The number of methoxy groups -OCH3 is 1. The van der Waals surface area contributed by atoms with Crippen molar-refractivity contribution in [3.63, 3.8) is 0 Å². The fourth-order valence-corrected chi connectivity index (χ4v) is 4.41. The number of rotatable bonds is 4. The third-order valence-electron chi connectivity index (χ3n) is 5.48. The van der Waals surface area contributed by atoms with Gasteiger partial charge in [-0.3, -0.25) is 15.2 Å². The second-order valence-electron chi connectivity index (χ2n) is 7.47. The summed E-state index contributed by atoms with van der Waals surface area (Å²) in [5.41, 5.74) is 5.76. The van der Waals surface area contributed by atoms with Gasteiger partial charge in [-0.25, -0.2) is 9.59 Å². The smallest absolute Gasteiger partial charge is 0.416 e. The Morgan fingerprint density at radius 1 is 1.26 bits per heavy atom. The minimum Gasteiger partial charge on any atom is -0.466 e. The summed E-state index contributed by atoms with van der Waals surface area (Å²) in [6.07, 6.45) is -4.66. The first kappa shape index (κ1) is 25.8. The van der Waals surface area contributed by atoms with Gasteiger partial charge < -0.3 is 10.5 Å². The highest BCUT2D eigenvalue weighted by atomic mass is 79.9. The molecule has 182 valence electrons. The van der Waals surface area contributed by atoms with Crippen LogP contribution in [0.5, 0.6) is 0 Å². The number of amides is 2. The van der Waals surface area contributed by atoms with Crippen LogP contribution in [0.4, 0.5) is 23.7 Å². The minimum atomic E-state index is -4.66. The molecule has 3 rings (SSSR count). The van der Waals surface area contributed by atoms with E-state index in [-0.39, 0.29) is 22.3 Å². The fraction of sp³-hybridized carbons (Fsp3) is 0.217. The van der Waals surface area contributed by atoms with Gasteiger partial charge in [0.05, 0.1) is 29.9 Å². The number of anilines is 1. The lowest BCUT2D eigenvalue weighted by atomic mass is 9.89. The van der Waals surface area contributed by atoms with Crippen molar-refractivity contribution in [2.45, 2.75) is 24.5 Å². The molecule has 2 aromatic rings. The van der Waals surface area contributed by atoms with Crippen molar-refractivity contribution in [1.29, 1.82) is 10.7 Å². The average molecular weight is 550 g/mol. The van der Waals surface area contributed by atoms with E-state index in [1.165, 1.54) is 25.1 Å². The Kier molecular flexibility index (Phi) is 7.21. The molecule has 1 atom stereocenters. The summed E-state index contributed by atoms with van der Waals surface area (Å²) in [5.74, 6) is -1.43. The molecule has 2 aromatic carbocycles. The van der Waals surface area contributed by atoms with E-state index in [1.54, 1.807) is 6.07 Å². The number of hydrogen-bond acceptors (Lipinski definition) is 5.